The number of thiazole rings is 1. The maximum atomic E-state index is 10.9. The third-order valence-electron chi connectivity index (χ3n) is 4.50. The molecule has 4 nitrogen and oxygen atoms in total. The SMILES string of the molecule is Cc1ncc(C(C)NCC(C)(C)C2(O)CCOCC2)s1. The molecule has 1 unspecified atom stereocenters. The van der Waals surface area contributed by atoms with Crippen LogP contribution in [0.3, 0.4) is 0 Å². The van der Waals surface area contributed by atoms with Crippen molar-refractivity contribution >= 4 is 11.3 Å². The van der Waals surface area contributed by atoms with Crippen molar-refractivity contribution < 1.29 is 9.84 Å². The number of aryl methyl sites for hydroxylation is 1. The van der Waals surface area contributed by atoms with Gasteiger partial charge >= 0.3 is 0 Å². The Morgan fingerprint density at radius 1 is 1.50 bits per heavy atom. The summed E-state index contributed by atoms with van der Waals surface area (Å²) in [6.07, 6.45) is 3.37. The van der Waals surface area contributed by atoms with Crippen LogP contribution < -0.4 is 5.32 Å². The van der Waals surface area contributed by atoms with E-state index in [-0.39, 0.29) is 11.5 Å². The molecule has 2 rings (SSSR count). The maximum absolute atomic E-state index is 10.9. The van der Waals surface area contributed by atoms with Crippen LogP contribution in [0.2, 0.25) is 0 Å². The first-order valence-electron chi connectivity index (χ1n) is 7.30. The third kappa shape index (κ3) is 3.39. The number of aliphatic hydroxyl groups is 1. The Morgan fingerprint density at radius 3 is 2.70 bits per heavy atom. The van der Waals surface area contributed by atoms with Gasteiger partial charge in [0.25, 0.3) is 0 Å². The Balaban J connectivity index is 1.94. The van der Waals surface area contributed by atoms with E-state index in [4.69, 9.17) is 4.74 Å². The number of rotatable bonds is 5. The molecule has 1 aliphatic rings. The minimum Gasteiger partial charge on any atom is -0.389 e. The molecule has 1 aromatic heterocycles. The second-order valence-corrected chi connectivity index (χ2v) is 7.68. The van der Waals surface area contributed by atoms with E-state index < -0.39 is 5.60 Å². The lowest BCUT2D eigenvalue weighted by atomic mass is 9.70. The molecule has 0 saturated carbocycles. The summed E-state index contributed by atoms with van der Waals surface area (Å²) in [6, 6.07) is 0.268. The van der Waals surface area contributed by atoms with Gasteiger partial charge in [-0.3, -0.25) is 0 Å². The fourth-order valence-corrected chi connectivity index (χ4v) is 3.45. The maximum Gasteiger partial charge on any atom is 0.0897 e. The van der Waals surface area contributed by atoms with E-state index in [2.05, 4.69) is 31.1 Å². The highest BCUT2D eigenvalue weighted by Crippen LogP contribution is 2.38. The minimum absolute atomic E-state index is 0.176. The van der Waals surface area contributed by atoms with Crippen LogP contribution in [0.25, 0.3) is 0 Å². The summed E-state index contributed by atoms with van der Waals surface area (Å²) in [5.41, 5.74) is -0.813. The van der Waals surface area contributed by atoms with E-state index in [9.17, 15) is 5.11 Å². The van der Waals surface area contributed by atoms with Crippen molar-refractivity contribution in [2.75, 3.05) is 19.8 Å². The number of nitrogens with one attached hydrogen (secondary N) is 1. The molecule has 2 heterocycles. The van der Waals surface area contributed by atoms with Crippen molar-refractivity contribution in [1.82, 2.24) is 10.3 Å². The summed E-state index contributed by atoms with van der Waals surface area (Å²) in [7, 11) is 0. The van der Waals surface area contributed by atoms with Gasteiger partial charge in [-0.25, -0.2) is 4.98 Å². The van der Waals surface area contributed by atoms with Crippen molar-refractivity contribution in [1.29, 1.82) is 0 Å². The normalized spacial score (nSPS) is 20.9. The topological polar surface area (TPSA) is 54.4 Å². The molecule has 114 valence electrons. The van der Waals surface area contributed by atoms with Crippen molar-refractivity contribution in [3.05, 3.63) is 16.1 Å². The Kier molecular flexibility index (Phi) is 4.84. The highest BCUT2D eigenvalue weighted by molar-refractivity contribution is 7.11. The van der Waals surface area contributed by atoms with Gasteiger partial charge in [0.15, 0.2) is 0 Å². The smallest absolute Gasteiger partial charge is 0.0897 e. The van der Waals surface area contributed by atoms with Gasteiger partial charge in [-0.05, 0) is 13.8 Å². The zero-order chi connectivity index (χ0) is 14.8. The second kappa shape index (κ2) is 6.10. The predicted molar refractivity (Wildman–Crippen MR) is 82.1 cm³/mol. The summed E-state index contributed by atoms with van der Waals surface area (Å²) < 4.78 is 5.37. The molecular weight excluding hydrogens is 272 g/mol. The molecule has 1 aliphatic heterocycles. The highest BCUT2D eigenvalue weighted by Gasteiger charge is 2.44. The first-order chi connectivity index (χ1) is 9.34. The quantitative estimate of drug-likeness (QED) is 0.877. The Bertz CT molecular complexity index is 439. The largest absolute Gasteiger partial charge is 0.389 e. The Morgan fingerprint density at radius 2 is 2.15 bits per heavy atom. The van der Waals surface area contributed by atoms with Crippen molar-refractivity contribution in [3.63, 3.8) is 0 Å². The van der Waals surface area contributed by atoms with Gasteiger partial charge in [-0.2, -0.15) is 0 Å². The molecule has 0 amide bonds. The zero-order valence-electron chi connectivity index (χ0n) is 12.9. The van der Waals surface area contributed by atoms with Crippen LogP contribution in [0.15, 0.2) is 6.20 Å². The number of ether oxygens (including phenoxy) is 1. The van der Waals surface area contributed by atoms with Crippen LogP contribution in [0.4, 0.5) is 0 Å². The average molecular weight is 298 g/mol. The van der Waals surface area contributed by atoms with Gasteiger partial charge in [-0.15, -0.1) is 11.3 Å². The van der Waals surface area contributed by atoms with Crippen LogP contribution in [-0.4, -0.2) is 35.5 Å². The fraction of sp³-hybridized carbons (Fsp3) is 0.800. The lowest BCUT2D eigenvalue weighted by Crippen LogP contribution is -2.53. The van der Waals surface area contributed by atoms with Crippen LogP contribution in [0.5, 0.6) is 0 Å². The molecule has 0 aliphatic carbocycles. The van der Waals surface area contributed by atoms with E-state index in [0.29, 0.717) is 13.2 Å². The van der Waals surface area contributed by atoms with Crippen molar-refractivity contribution in [3.8, 4) is 0 Å². The second-order valence-electron chi connectivity index (χ2n) is 6.41. The molecule has 0 radical (unpaired) electrons. The first-order valence-corrected chi connectivity index (χ1v) is 8.12. The monoisotopic (exact) mass is 298 g/mol. The average Bonchev–Trinajstić information content (AvgIpc) is 2.83. The standard InChI is InChI=1S/C15H26N2O2S/c1-11(13-9-16-12(2)20-13)17-10-14(3,4)15(18)5-7-19-8-6-15/h9,11,17-18H,5-8,10H2,1-4H3. The minimum atomic E-state index is -0.637. The summed E-state index contributed by atoms with van der Waals surface area (Å²) in [5, 5.41) is 15.5. The fourth-order valence-electron chi connectivity index (χ4n) is 2.64. The van der Waals surface area contributed by atoms with E-state index in [1.165, 1.54) is 4.88 Å². The van der Waals surface area contributed by atoms with Crippen molar-refractivity contribution in [2.24, 2.45) is 5.41 Å². The predicted octanol–water partition coefficient (Wildman–Crippen LogP) is 2.67. The van der Waals surface area contributed by atoms with E-state index >= 15 is 0 Å². The molecule has 1 atom stereocenters. The van der Waals surface area contributed by atoms with E-state index in [0.717, 1.165) is 24.4 Å². The zero-order valence-corrected chi connectivity index (χ0v) is 13.7. The first kappa shape index (κ1) is 15.9. The van der Waals surface area contributed by atoms with Gasteiger partial charge in [0.05, 0.1) is 10.6 Å². The molecule has 0 spiro atoms. The molecule has 1 aromatic rings. The summed E-state index contributed by atoms with van der Waals surface area (Å²) in [5.74, 6) is 0. The van der Waals surface area contributed by atoms with Gasteiger partial charge in [0.2, 0.25) is 0 Å². The van der Waals surface area contributed by atoms with Crippen LogP contribution in [-0.2, 0) is 4.74 Å². The summed E-state index contributed by atoms with van der Waals surface area (Å²) in [6.45, 7) is 10.5. The number of nitrogens with zero attached hydrogens (tertiary/aromatic N) is 1. The van der Waals surface area contributed by atoms with Gasteiger partial charge < -0.3 is 15.2 Å². The lowest BCUT2D eigenvalue weighted by molar-refractivity contribution is -0.131. The highest BCUT2D eigenvalue weighted by atomic mass is 32.1. The van der Waals surface area contributed by atoms with Gasteiger partial charge in [0.1, 0.15) is 0 Å². The molecule has 2 N–H and O–H groups in total. The van der Waals surface area contributed by atoms with Crippen molar-refractivity contribution in [2.45, 2.75) is 52.2 Å². The number of hydrogen-bond acceptors (Lipinski definition) is 5. The van der Waals surface area contributed by atoms with Crippen LogP contribution in [0.1, 0.15) is 49.5 Å². The van der Waals surface area contributed by atoms with Crippen LogP contribution in [0, 0.1) is 12.3 Å². The molecule has 1 fully saturated rings. The van der Waals surface area contributed by atoms with Gasteiger partial charge in [0, 0.05) is 55.1 Å². The van der Waals surface area contributed by atoms with Crippen LogP contribution >= 0.6 is 11.3 Å². The molecule has 0 aromatic carbocycles. The molecule has 5 heteroatoms. The Labute approximate surface area is 125 Å². The van der Waals surface area contributed by atoms with E-state index in [1.807, 2.05) is 13.1 Å². The number of aromatic nitrogens is 1. The molecule has 0 bridgehead atoms. The van der Waals surface area contributed by atoms with Gasteiger partial charge in [-0.1, -0.05) is 13.8 Å². The Hall–Kier alpha value is -0.490. The van der Waals surface area contributed by atoms with E-state index in [1.54, 1.807) is 11.3 Å². The third-order valence-corrected chi connectivity index (χ3v) is 5.59. The summed E-state index contributed by atoms with van der Waals surface area (Å²) >= 11 is 1.72. The summed E-state index contributed by atoms with van der Waals surface area (Å²) in [4.78, 5) is 5.55. The molecular formula is C15H26N2O2S. The molecule has 20 heavy (non-hydrogen) atoms. The molecule has 1 saturated heterocycles. The lowest BCUT2D eigenvalue weighted by Gasteiger charge is -2.45. The number of hydrogen-bond donors (Lipinski definition) is 2.